The number of carbonyl (C=O) groups is 2. The molecule has 0 atom stereocenters. The molecule has 1 aromatic carbocycles. The molecule has 3 rings (SSSR count). The summed E-state index contributed by atoms with van der Waals surface area (Å²) < 4.78 is 1.91. The Bertz CT molecular complexity index is 1010. The fourth-order valence-electron chi connectivity index (χ4n) is 2.55. The van der Waals surface area contributed by atoms with Crippen LogP contribution in [0.25, 0.3) is 11.4 Å². The van der Waals surface area contributed by atoms with Gasteiger partial charge in [-0.1, -0.05) is 23.9 Å². The summed E-state index contributed by atoms with van der Waals surface area (Å²) in [5, 5.41) is 14.1. The zero-order valence-electron chi connectivity index (χ0n) is 15.6. The molecular weight excluding hydrogens is 380 g/mol. The summed E-state index contributed by atoms with van der Waals surface area (Å²) in [4.78, 5) is 24.9. The van der Waals surface area contributed by atoms with Crippen LogP contribution < -0.4 is 5.32 Å². The van der Waals surface area contributed by atoms with Crippen LogP contribution in [-0.2, 0) is 11.8 Å². The molecule has 27 heavy (non-hydrogen) atoms. The third-order valence-electron chi connectivity index (χ3n) is 4.25. The van der Waals surface area contributed by atoms with E-state index in [0.29, 0.717) is 16.4 Å². The smallest absolute Gasteiger partial charge is 0.234 e. The van der Waals surface area contributed by atoms with Crippen molar-refractivity contribution in [2.45, 2.75) is 25.9 Å². The summed E-state index contributed by atoms with van der Waals surface area (Å²) in [5.41, 5.74) is 3.45. The molecule has 6 nitrogen and oxygen atoms in total. The van der Waals surface area contributed by atoms with E-state index < -0.39 is 0 Å². The number of thioether (sulfide) groups is 1. The third kappa shape index (κ3) is 4.28. The molecule has 0 saturated carbocycles. The van der Waals surface area contributed by atoms with E-state index in [1.165, 1.54) is 29.1 Å². The molecule has 0 bridgehead atoms. The average Bonchev–Trinajstić information content (AvgIpc) is 3.16. The minimum Gasteiger partial charge on any atom is -0.325 e. The number of hydrogen-bond acceptors (Lipinski definition) is 6. The second-order valence-electron chi connectivity index (χ2n) is 6.17. The van der Waals surface area contributed by atoms with Crippen molar-refractivity contribution in [3.8, 4) is 11.4 Å². The second-order valence-corrected chi connectivity index (χ2v) is 8.20. The topological polar surface area (TPSA) is 76.9 Å². The Hall–Kier alpha value is -2.45. The number of aromatic nitrogens is 3. The predicted octanol–water partition coefficient (Wildman–Crippen LogP) is 4.09. The Balaban J connectivity index is 1.65. The molecule has 2 heterocycles. The van der Waals surface area contributed by atoms with Gasteiger partial charge in [-0.25, -0.2) is 0 Å². The van der Waals surface area contributed by atoms with Crippen molar-refractivity contribution in [2.75, 3.05) is 11.1 Å². The Morgan fingerprint density at radius 2 is 2.04 bits per heavy atom. The highest BCUT2D eigenvalue weighted by Gasteiger charge is 2.16. The normalized spacial score (nSPS) is 10.8. The quantitative estimate of drug-likeness (QED) is 0.498. The largest absolute Gasteiger partial charge is 0.325 e. The third-order valence-corrected chi connectivity index (χ3v) is 6.28. The highest BCUT2D eigenvalue weighted by molar-refractivity contribution is 7.99. The van der Waals surface area contributed by atoms with Crippen LogP contribution in [-0.4, -0.2) is 32.2 Å². The molecule has 3 aromatic rings. The number of aryl methyl sites for hydroxylation is 1. The van der Waals surface area contributed by atoms with Crippen molar-refractivity contribution in [1.29, 1.82) is 0 Å². The van der Waals surface area contributed by atoms with Crippen LogP contribution in [0.2, 0.25) is 0 Å². The van der Waals surface area contributed by atoms with Crippen LogP contribution in [0.15, 0.2) is 34.8 Å². The van der Waals surface area contributed by atoms with Gasteiger partial charge in [-0.2, -0.15) is 0 Å². The lowest BCUT2D eigenvalue weighted by atomic mass is 10.1. The summed E-state index contributed by atoms with van der Waals surface area (Å²) >= 11 is 3.02. The molecule has 0 aliphatic rings. The van der Waals surface area contributed by atoms with Crippen molar-refractivity contribution >= 4 is 40.5 Å². The van der Waals surface area contributed by atoms with Gasteiger partial charge in [-0.05, 0) is 38.5 Å². The van der Waals surface area contributed by atoms with Gasteiger partial charge in [-0.15, -0.1) is 21.5 Å². The summed E-state index contributed by atoms with van der Waals surface area (Å²) in [6.07, 6.45) is 0. The number of benzene rings is 1. The second kappa shape index (κ2) is 8.06. The number of hydrogen-bond donors (Lipinski definition) is 1. The standard InChI is InChI=1S/C19H20N4O2S2/c1-11-13(3)26-9-16(11)18-21-22-19(23(18)4)27-10-17(25)20-15-7-5-6-14(8-15)12(2)24/h5-9H,10H2,1-4H3,(H,20,25). The lowest BCUT2D eigenvalue weighted by molar-refractivity contribution is -0.113. The number of Topliss-reactive ketones (excluding diaryl/α,β-unsaturated/α-hetero) is 1. The van der Waals surface area contributed by atoms with Gasteiger partial charge < -0.3 is 9.88 Å². The molecule has 2 aromatic heterocycles. The van der Waals surface area contributed by atoms with Gasteiger partial charge in [-0.3, -0.25) is 9.59 Å². The number of carbonyl (C=O) groups excluding carboxylic acids is 2. The molecule has 0 fully saturated rings. The number of nitrogens with zero attached hydrogens (tertiary/aromatic N) is 3. The van der Waals surface area contributed by atoms with Gasteiger partial charge in [0.1, 0.15) is 0 Å². The van der Waals surface area contributed by atoms with Crippen LogP contribution in [0.4, 0.5) is 5.69 Å². The molecule has 8 heteroatoms. The molecule has 0 spiro atoms. The zero-order valence-corrected chi connectivity index (χ0v) is 17.2. The molecule has 0 aliphatic heterocycles. The molecule has 0 saturated heterocycles. The van der Waals surface area contributed by atoms with Crippen LogP contribution in [0.5, 0.6) is 0 Å². The van der Waals surface area contributed by atoms with E-state index in [0.717, 1.165) is 11.4 Å². The lowest BCUT2D eigenvalue weighted by Gasteiger charge is -2.06. The van der Waals surface area contributed by atoms with Crippen LogP contribution in [0, 0.1) is 13.8 Å². The monoisotopic (exact) mass is 400 g/mol. The van der Waals surface area contributed by atoms with Gasteiger partial charge in [0.2, 0.25) is 5.91 Å². The maximum atomic E-state index is 12.2. The first kappa shape index (κ1) is 19.3. The summed E-state index contributed by atoms with van der Waals surface area (Å²) in [6.45, 7) is 5.66. The molecule has 1 amide bonds. The van der Waals surface area contributed by atoms with E-state index in [1.807, 2.05) is 11.6 Å². The van der Waals surface area contributed by atoms with Crippen LogP contribution >= 0.6 is 23.1 Å². The Morgan fingerprint density at radius 1 is 1.26 bits per heavy atom. The van der Waals surface area contributed by atoms with Crippen molar-refractivity contribution in [3.63, 3.8) is 0 Å². The average molecular weight is 401 g/mol. The predicted molar refractivity (Wildman–Crippen MR) is 110 cm³/mol. The minimum absolute atomic E-state index is 0.0361. The Labute approximate surface area is 166 Å². The van der Waals surface area contributed by atoms with E-state index >= 15 is 0 Å². The fraction of sp³-hybridized carbons (Fsp3) is 0.263. The van der Waals surface area contributed by atoms with Crippen molar-refractivity contribution in [2.24, 2.45) is 7.05 Å². The summed E-state index contributed by atoms with van der Waals surface area (Å²) in [6, 6.07) is 6.91. The number of ketones is 1. The SMILES string of the molecule is CC(=O)c1cccc(NC(=O)CSc2nnc(-c3csc(C)c3C)n2C)c1. The number of anilines is 1. The van der Waals surface area contributed by atoms with E-state index in [9.17, 15) is 9.59 Å². The number of amides is 1. The molecule has 0 unspecified atom stereocenters. The van der Waals surface area contributed by atoms with Gasteiger partial charge in [0, 0.05) is 34.1 Å². The first-order valence-corrected chi connectivity index (χ1v) is 10.2. The highest BCUT2D eigenvalue weighted by Crippen LogP contribution is 2.30. The fourth-order valence-corrected chi connectivity index (χ4v) is 4.13. The first-order valence-electron chi connectivity index (χ1n) is 8.35. The molecular formula is C19H20N4O2S2. The van der Waals surface area contributed by atoms with Crippen molar-refractivity contribution < 1.29 is 9.59 Å². The van der Waals surface area contributed by atoms with E-state index in [4.69, 9.17) is 0 Å². The summed E-state index contributed by atoms with van der Waals surface area (Å²) in [7, 11) is 1.90. The highest BCUT2D eigenvalue weighted by atomic mass is 32.2. The molecule has 0 radical (unpaired) electrons. The van der Waals surface area contributed by atoms with E-state index in [-0.39, 0.29) is 17.4 Å². The Morgan fingerprint density at radius 3 is 2.70 bits per heavy atom. The van der Waals surface area contributed by atoms with E-state index in [1.54, 1.807) is 35.6 Å². The number of thiophene rings is 1. The molecule has 1 N–H and O–H groups in total. The van der Waals surface area contributed by atoms with Crippen molar-refractivity contribution in [3.05, 3.63) is 45.6 Å². The molecule has 0 aliphatic carbocycles. The van der Waals surface area contributed by atoms with Crippen LogP contribution in [0.1, 0.15) is 27.7 Å². The first-order chi connectivity index (χ1) is 12.9. The van der Waals surface area contributed by atoms with Gasteiger partial charge in [0.15, 0.2) is 16.8 Å². The van der Waals surface area contributed by atoms with Crippen LogP contribution in [0.3, 0.4) is 0 Å². The lowest BCUT2D eigenvalue weighted by Crippen LogP contribution is -2.14. The van der Waals surface area contributed by atoms with Gasteiger partial charge >= 0.3 is 0 Å². The maximum Gasteiger partial charge on any atom is 0.234 e. The van der Waals surface area contributed by atoms with Gasteiger partial charge in [0.05, 0.1) is 5.75 Å². The minimum atomic E-state index is -0.159. The van der Waals surface area contributed by atoms with Gasteiger partial charge in [0.25, 0.3) is 0 Å². The summed E-state index contributed by atoms with van der Waals surface area (Å²) in [5.74, 6) is 0.811. The Kier molecular flexibility index (Phi) is 5.76. The maximum absolute atomic E-state index is 12.2. The number of rotatable bonds is 6. The van der Waals surface area contributed by atoms with E-state index in [2.05, 4.69) is 34.7 Å². The number of nitrogens with one attached hydrogen (secondary N) is 1. The van der Waals surface area contributed by atoms with Crippen molar-refractivity contribution in [1.82, 2.24) is 14.8 Å². The molecule has 140 valence electrons. The zero-order chi connectivity index (χ0) is 19.6.